The molecule has 0 aliphatic carbocycles. The number of piperazine rings is 1. The van der Waals surface area contributed by atoms with Crippen LogP contribution in [0.15, 0.2) is 20.7 Å². The van der Waals surface area contributed by atoms with Gasteiger partial charge in [0.15, 0.2) is 0 Å². The van der Waals surface area contributed by atoms with Crippen molar-refractivity contribution in [2.24, 2.45) is 4.99 Å². The molecule has 0 spiro atoms. The monoisotopic (exact) mass is 500 g/mol. The average molecular weight is 501 g/mol. The normalized spacial score (nSPS) is 23.8. The zero-order valence-corrected chi connectivity index (χ0v) is 22.7. The largest absolute Gasteiger partial charge is 0.385 e. The van der Waals surface area contributed by atoms with Crippen molar-refractivity contribution in [1.29, 1.82) is 0 Å². The third-order valence-electron chi connectivity index (χ3n) is 7.94. The molecule has 1 aromatic rings. The highest BCUT2D eigenvalue weighted by molar-refractivity contribution is 6.11. The summed E-state index contributed by atoms with van der Waals surface area (Å²) in [6.07, 6.45) is 1.17. The van der Waals surface area contributed by atoms with Gasteiger partial charge in [-0.1, -0.05) is 5.16 Å². The number of nitrogens with zero attached hydrogens (tertiary/aromatic N) is 5. The van der Waals surface area contributed by atoms with E-state index in [9.17, 15) is 9.59 Å². The standard InChI is InChI=1S/C26H40N6O4/c1-16-14-31(17(2)13-30(16)9-8-10-35-7)25(34)32-15-21-22(26(32,5)6)12-27-24(21)28-23(33)11-20-18(3)29-36-19(20)4/h16-17H,8-15H2,1-7H3,(H,27,28,33)/t16-,17+/m1/s1. The number of aromatic nitrogens is 1. The van der Waals surface area contributed by atoms with E-state index in [1.54, 1.807) is 14.0 Å². The third-order valence-corrected chi connectivity index (χ3v) is 7.94. The lowest BCUT2D eigenvalue weighted by Crippen LogP contribution is -2.62. The van der Waals surface area contributed by atoms with Crippen molar-refractivity contribution in [2.45, 2.75) is 72.0 Å². The molecule has 10 nitrogen and oxygen atoms in total. The van der Waals surface area contributed by atoms with Gasteiger partial charge in [-0.25, -0.2) is 4.79 Å². The predicted molar refractivity (Wildman–Crippen MR) is 137 cm³/mol. The van der Waals surface area contributed by atoms with E-state index in [1.807, 2.05) is 16.7 Å². The van der Waals surface area contributed by atoms with Gasteiger partial charge in [-0.15, -0.1) is 0 Å². The average Bonchev–Trinajstić information content (AvgIpc) is 3.45. The molecule has 3 amide bonds. The predicted octanol–water partition coefficient (Wildman–Crippen LogP) is 2.30. The quantitative estimate of drug-likeness (QED) is 0.602. The molecule has 2 atom stereocenters. The second-order valence-electron chi connectivity index (χ2n) is 10.8. The fourth-order valence-corrected chi connectivity index (χ4v) is 5.60. The van der Waals surface area contributed by atoms with Gasteiger partial charge in [-0.2, -0.15) is 0 Å². The highest BCUT2D eigenvalue weighted by Gasteiger charge is 2.48. The molecular weight excluding hydrogens is 460 g/mol. The number of urea groups is 1. The van der Waals surface area contributed by atoms with Crippen LogP contribution < -0.4 is 5.32 Å². The lowest BCUT2D eigenvalue weighted by molar-refractivity contribution is -0.119. The van der Waals surface area contributed by atoms with Crippen LogP contribution in [0.3, 0.4) is 0 Å². The van der Waals surface area contributed by atoms with Gasteiger partial charge >= 0.3 is 6.03 Å². The summed E-state index contributed by atoms with van der Waals surface area (Å²) in [5.41, 5.74) is 3.11. The number of methoxy groups -OCH3 is 1. The second-order valence-corrected chi connectivity index (χ2v) is 10.8. The van der Waals surface area contributed by atoms with E-state index in [1.165, 1.54) is 0 Å². The zero-order chi connectivity index (χ0) is 26.2. The summed E-state index contributed by atoms with van der Waals surface area (Å²) >= 11 is 0. The molecule has 0 saturated carbocycles. The minimum Gasteiger partial charge on any atom is -0.385 e. The molecule has 4 rings (SSSR count). The zero-order valence-electron chi connectivity index (χ0n) is 22.7. The minimum absolute atomic E-state index is 0.0479. The summed E-state index contributed by atoms with van der Waals surface area (Å²) in [7, 11) is 1.73. The highest BCUT2D eigenvalue weighted by Crippen LogP contribution is 2.39. The van der Waals surface area contributed by atoms with Crippen LogP contribution in [0.1, 0.15) is 51.1 Å². The number of rotatable bonds is 6. The fourth-order valence-electron chi connectivity index (χ4n) is 5.60. The van der Waals surface area contributed by atoms with Crippen molar-refractivity contribution in [3.05, 3.63) is 28.2 Å². The van der Waals surface area contributed by atoms with Crippen LogP contribution in [0.5, 0.6) is 0 Å². The molecule has 0 bridgehead atoms. The van der Waals surface area contributed by atoms with E-state index in [0.29, 0.717) is 31.2 Å². The van der Waals surface area contributed by atoms with Crippen LogP contribution >= 0.6 is 0 Å². The maximum Gasteiger partial charge on any atom is 0.321 e. The van der Waals surface area contributed by atoms with Crippen molar-refractivity contribution in [3.63, 3.8) is 0 Å². The minimum atomic E-state index is -0.470. The second kappa shape index (κ2) is 10.3. The Morgan fingerprint density at radius 2 is 1.94 bits per heavy atom. The molecule has 3 aliphatic rings. The Balaban J connectivity index is 1.41. The van der Waals surface area contributed by atoms with Crippen LogP contribution in [0, 0.1) is 13.8 Å². The van der Waals surface area contributed by atoms with Gasteiger partial charge in [0, 0.05) is 56.6 Å². The first-order valence-corrected chi connectivity index (χ1v) is 12.8. The molecule has 36 heavy (non-hydrogen) atoms. The van der Waals surface area contributed by atoms with Gasteiger partial charge < -0.3 is 24.4 Å². The number of amides is 3. The third kappa shape index (κ3) is 4.93. The molecule has 1 N–H and O–H groups in total. The number of aryl methyl sites for hydroxylation is 2. The molecule has 1 aromatic heterocycles. The van der Waals surface area contributed by atoms with E-state index in [-0.39, 0.29) is 30.4 Å². The molecular formula is C26H40N6O4. The molecule has 1 fully saturated rings. The number of carbonyl (C=O) groups excluding carboxylic acids is 2. The van der Waals surface area contributed by atoms with Crippen LogP contribution in [0.2, 0.25) is 0 Å². The van der Waals surface area contributed by atoms with Crippen molar-refractivity contribution < 1.29 is 18.8 Å². The lowest BCUT2D eigenvalue weighted by Gasteiger charge is -2.47. The Kier molecular flexibility index (Phi) is 7.56. The SMILES string of the molecule is COCCCN1C[C@H](C)N(C(=O)N2CC3=C(CN=C3NC(=O)Cc3c(C)noc3C)C2(C)C)C[C@H]1C. The molecule has 0 aromatic carbocycles. The van der Waals surface area contributed by atoms with Crippen molar-refractivity contribution in [3.8, 4) is 0 Å². The first-order chi connectivity index (χ1) is 17.0. The Bertz CT molecular complexity index is 1050. The van der Waals surface area contributed by atoms with Gasteiger partial charge in [-0.05, 0) is 53.5 Å². The van der Waals surface area contributed by atoms with Gasteiger partial charge in [0.2, 0.25) is 5.91 Å². The van der Waals surface area contributed by atoms with Gasteiger partial charge in [0.05, 0.1) is 30.7 Å². The Morgan fingerprint density at radius 1 is 1.19 bits per heavy atom. The maximum absolute atomic E-state index is 13.8. The van der Waals surface area contributed by atoms with Crippen molar-refractivity contribution in [1.82, 2.24) is 25.2 Å². The number of hydrogen-bond donors (Lipinski definition) is 1. The molecule has 198 valence electrons. The Labute approximate surface area is 213 Å². The summed E-state index contributed by atoms with van der Waals surface area (Å²) in [4.78, 5) is 37.6. The fraction of sp³-hybridized carbons (Fsp3) is 0.692. The van der Waals surface area contributed by atoms with Crippen molar-refractivity contribution >= 4 is 17.8 Å². The molecule has 0 unspecified atom stereocenters. The van der Waals surface area contributed by atoms with E-state index >= 15 is 0 Å². The number of carbonyl (C=O) groups is 2. The molecule has 0 radical (unpaired) electrons. The Hall–Kier alpha value is -2.72. The molecule has 1 saturated heterocycles. The molecule has 4 heterocycles. The van der Waals surface area contributed by atoms with E-state index in [0.717, 1.165) is 48.5 Å². The number of hydrogen-bond acceptors (Lipinski definition) is 7. The smallest absolute Gasteiger partial charge is 0.321 e. The number of amidine groups is 1. The van der Waals surface area contributed by atoms with Gasteiger partial charge in [0.1, 0.15) is 11.6 Å². The van der Waals surface area contributed by atoms with Gasteiger partial charge in [-0.3, -0.25) is 14.7 Å². The first-order valence-electron chi connectivity index (χ1n) is 12.8. The van der Waals surface area contributed by atoms with E-state index in [2.05, 4.69) is 48.1 Å². The van der Waals surface area contributed by atoms with E-state index < -0.39 is 5.54 Å². The number of aliphatic imine (C=N–C) groups is 1. The van der Waals surface area contributed by atoms with E-state index in [4.69, 9.17) is 9.26 Å². The van der Waals surface area contributed by atoms with Crippen LogP contribution in [-0.4, -0.2) is 102 Å². The highest BCUT2D eigenvalue weighted by atomic mass is 16.5. The van der Waals surface area contributed by atoms with Crippen LogP contribution in [0.4, 0.5) is 4.79 Å². The number of ether oxygens (including phenoxy) is 1. The van der Waals surface area contributed by atoms with Crippen LogP contribution in [0.25, 0.3) is 0 Å². The number of nitrogens with one attached hydrogen (secondary N) is 1. The Morgan fingerprint density at radius 3 is 2.61 bits per heavy atom. The summed E-state index contributed by atoms with van der Waals surface area (Å²) in [6, 6.07) is 0.449. The summed E-state index contributed by atoms with van der Waals surface area (Å²) < 4.78 is 10.4. The maximum atomic E-state index is 13.8. The summed E-state index contributed by atoms with van der Waals surface area (Å²) in [6.45, 7) is 16.3. The molecule has 10 heteroatoms. The molecule has 3 aliphatic heterocycles. The summed E-state index contributed by atoms with van der Waals surface area (Å²) in [5.74, 6) is 1.07. The summed E-state index contributed by atoms with van der Waals surface area (Å²) in [5, 5.41) is 6.91. The van der Waals surface area contributed by atoms with Gasteiger partial charge in [0.25, 0.3) is 0 Å². The topological polar surface area (TPSA) is 104 Å². The van der Waals surface area contributed by atoms with Crippen molar-refractivity contribution in [2.75, 3.05) is 46.4 Å². The lowest BCUT2D eigenvalue weighted by atomic mass is 9.94. The first kappa shape index (κ1) is 26.3. The van der Waals surface area contributed by atoms with Crippen LogP contribution in [-0.2, 0) is 16.0 Å².